The van der Waals surface area contributed by atoms with Crippen LogP contribution < -0.4 is 10.1 Å². The molecule has 0 bridgehead atoms. The Morgan fingerprint density at radius 2 is 2.15 bits per heavy atom. The number of hydrogen-bond donors (Lipinski definition) is 1. The SMILES string of the molecule is CC(C)Oc1ncccc1CNCC1CCN(C)CC1. The minimum Gasteiger partial charge on any atom is -0.475 e. The Bertz CT molecular complexity index is 400. The second-order valence-corrected chi connectivity index (χ2v) is 6.01. The number of nitrogens with zero attached hydrogens (tertiary/aromatic N) is 2. The van der Waals surface area contributed by atoms with Gasteiger partial charge in [-0.1, -0.05) is 6.07 Å². The van der Waals surface area contributed by atoms with Crippen LogP contribution in [0, 0.1) is 5.92 Å². The highest BCUT2D eigenvalue weighted by atomic mass is 16.5. The van der Waals surface area contributed by atoms with Crippen molar-refractivity contribution in [3.8, 4) is 5.88 Å². The number of hydrogen-bond acceptors (Lipinski definition) is 4. The van der Waals surface area contributed by atoms with Crippen molar-refractivity contribution < 1.29 is 4.74 Å². The van der Waals surface area contributed by atoms with Gasteiger partial charge in [0.15, 0.2) is 0 Å². The number of piperidine rings is 1. The van der Waals surface area contributed by atoms with Gasteiger partial charge >= 0.3 is 0 Å². The maximum absolute atomic E-state index is 5.74. The Balaban J connectivity index is 1.79. The average molecular weight is 277 g/mol. The third-order valence-corrected chi connectivity index (χ3v) is 3.78. The molecule has 1 N–H and O–H groups in total. The van der Waals surface area contributed by atoms with E-state index in [-0.39, 0.29) is 6.10 Å². The van der Waals surface area contributed by atoms with Gasteiger partial charge in [0.1, 0.15) is 0 Å². The van der Waals surface area contributed by atoms with E-state index in [0.717, 1.165) is 30.5 Å². The van der Waals surface area contributed by atoms with Gasteiger partial charge in [0, 0.05) is 18.3 Å². The molecule has 0 spiro atoms. The number of likely N-dealkylation sites (tertiary alicyclic amines) is 1. The Morgan fingerprint density at radius 1 is 1.40 bits per heavy atom. The minimum absolute atomic E-state index is 0.164. The first kappa shape index (κ1) is 15.3. The van der Waals surface area contributed by atoms with Crippen LogP contribution >= 0.6 is 0 Å². The molecule has 4 nitrogen and oxygen atoms in total. The predicted molar refractivity (Wildman–Crippen MR) is 81.9 cm³/mol. The van der Waals surface area contributed by atoms with Crippen molar-refractivity contribution in [2.45, 2.75) is 39.3 Å². The molecule has 2 heterocycles. The highest BCUT2D eigenvalue weighted by Crippen LogP contribution is 2.17. The van der Waals surface area contributed by atoms with E-state index in [1.807, 2.05) is 19.9 Å². The predicted octanol–water partition coefficient (Wildman–Crippen LogP) is 2.30. The van der Waals surface area contributed by atoms with Crippen molar-refractivity contribution in [3.05, 3.63) is 23.9 Å². The van der Waals surface area contributed by atoms with E-state index in [2.05, 4.69) is 28.3 Å². The summed E-state index contributed by atoms with van der Waals surface area (Å²) in [6, 6.07) is 4.06. The van der Waals surface area contributed by atoms with Gasteiger partial charge in [-0.3, -0.25) is 0 Å². The summed E-state index contributed by atoms with van der Waals surface area (Å²) in [5.74, 6) is 1.57. The first-order valence-electron chi connectivity index (χ1n) is 7.65. The van der Waals surface area contributed by atoms with Crippen LogP contribution in [-0.4, -0.2) is 42.7 Å². The van der Waals surface area contributed by atoms with E-state index in [0.29, 0.717) is 0 Å². The minimum atomic E-state index is 0.164. The largest absolute Gasteiger partial charge is 0.475 e. The Morgan fingerprint density at radius 3 is 2.85 bits per heavy atom. The molecule has 0 aliphatic carbocycles. The molecule has 112 valence electrons. The molecule has 1 fully saturated rings. The number of rotatable bonds is 6. The van der Waals surface area contributed by atoms with Gasteiger partial charge < -0.3 is 15.0 Å². The molecule has 0 atom stereocenters. The van der Waals surface area contributed by atoms with Crippen LogP contribution in [0.25, 0.3) is 0 Å². The molecule has 20 heavy (non-hydrogen) atoms. The Hall–Kier alpha value is -1.13. The summed E-state index contributed by atoms with van der Waals surface area (Å²) in [6.07, 6.45) is 4.55. The maximum atomic E-state index is 5.74. The molecular formula is C16H27N3O. The first-order valence-corrected chi connectivity index (χ1v) is 7.65. The van der Waals surface area contributed by atoms with Crippen LogP contribution in [0.1, 0.15) is 32.3 Å². The monoisotopic (exact) mass is 277 g/mol. The topological polar surface area (TPSA) is 37.4 Å². The average Bonchev–Trinajstić information content (AvgIpc) is 2.42. The van der Waals surface area contributed by atoms with E-state index in [9.17, 15) is 0 Å². The third kappa shape index (κ3) is 4.76. The van der Waals surface area contributed by atoms with Gasteiger partial charge in [0.25, 0.3) is 0 Å². The number of pyridine rings is 1. The fourth-order valence-electron chi connectivity index (χ4n) is 2.57. The van der Waals surface area contributed by atoms with Crippen LogP contribution in [0.2, 0.25) is 0 Å². The van der Waals surface area contributed by atoms with E-state index >= 15 is 0 Å². The van der Waals surface area contributed by atoms with Crippen molar-refractivity contribution in [1.82, 2.24) is 15.2 Å². The zero-order valence-corrected chi connectivity index (χ0v) is 12.9. The number of nitrogens with one attached hydrogen (secondary N) is 1. The van der Waals surface area contributed by atoms with Gasteiger partial charge in [-0.05, 0) is 65.4 Å². The fourth-order valence-corrected chi connectivity index (χ4v) is 2.57. The summed E-state index contributed by atoms with van der Waals surface area (Å²) in [4.78, 5) is 6.73. The van der Waals surface area contributed by atoms with Crippen LogP contribution in [0.4, 0.5) is 0 Å². The molecule has 0 radical (unpaired) electrons. The van der Waals surface area contributed by atoms with Crippen molar-refractivity contribution >= 4 is 0 Å². The van der Waals surface area contributed by atoms with Crippen molar-refractivity contribution in [2.75, 3.05) is 26.7 Å². The smallest absolute Gasteiger partial charge is 0.218 e. The van der Waals surface area contributed by atoms with Gasteiger partial charge in [-0.2, -0.15) is 0 Å². The highest BCUT2D eigenvalue weighted by molar-refractivity contribution is 5.25. The number of aromatic nitrogens is 1. The zero-order chi connectivity index (χ0) is 14.4. The molecule has 0 unspecified atom stereocenters. The van der Waals surface area contributed by atoms with Crippen LogP contribution in [0.3, 0.4) is 0 Å². The molecule has 1 aromatic rings. The summed E-state index contributed by atoms with van der Waals surface area (Å²) in [5, 5.41) is 3.56. The van der Waals surface area contributed by atoms with Crippen molar-refractivity contribution in [2.24, 2.45) is 5.92 Å². The molecule has 0 aromatic carbocycles. The van der Waals surface area contributed by atoms with Crippen molar-refractivity contribution in [1.29, 1.82) is 0 Å². The van der Waals surface area contributed by atoms with E-state index < -0.39 is 0 Å². The fraction of sp³-hybridized carbons (Fsp3) is 0.688. The summed E-state index contributed by atoms with van der Waals surface area (Å²) in [6.45, 7) is 8.43. The van der Waals surface area contributed by atoms with Crippen molar-refractivity contribution in [3.63, 3.8) is 0 Å². The summed E-state index contributed by atoms with van der Waals surface area (Å²) < 4.78 is 5.74. The molecule has 1 aliphatic heterocycles. The van der Waals surface area contributed by atoms with Crippen LogP contribution in [0.5, 0.6) is 5.88 Å². The lowest BCUT2D eigenvalue weighted by Gasteiger charge is -2.29. The second kappa shape index (κ2) is 7.60. The van der Waals surface area contributed by atoms with E-state index in [1.165, 1.54) is 25.9 Å². The Kier molecular flexibility index (Phi) is 5.80. The molecule has 1 saturated heterocycles. The quantitative estimate of drug-likeness (QED) is 0.866. The molecule has 0 amide bonds. The maximum Gasteiger partial charge on any atom is 0.218 e. The number of ether oxygens (including phenoxy) is 1. The van der Waals surface area contributed by atoms with Gasteiger partial charge in [-0.15, -0.1) is 0 Å². The molecule has 0 saturated carbocycles. The standard InChI is InChI=1S/C16H27N3O/c1-13(2)20-16-15(5-4-8-18-16)12-17-11-14-6-9-19(3)10-7-14/h4-5,8,13-14,17H,6-7,9-12H2,1-3H3. The lowest BCUT2D eigenvalue weighted by atomic mass is 9.97. The van der Waals surface area contributed by atoms with Gasteiger partial charge in [0.2, 0.25) is 5.88 Å². The first-order chi connectivity index (χ1) is 9.65. The van der Waals surface area contributed by atoms with Crippen LogP contribution in [0.15, 0.2) is 18.3 Å². The highest BCUT2D eigenvalue weighted by Gasteiger charge is 2.16. The molecule has 2 rings (SSSR count). The zero-order valence-electron chi connectivity index (χ0n) is 12.9. The second-order valence-electron chi connectivity index (χ2n) is 6.01. The Labute approximate surface area is 122 Å². The lowest BCUT2D eigenvalue weighted by Crippen LogP contribution is -2.34. The molecule has 1 aromatic heterocycles. The van der Waals surface area contributed by atoms with E-state index in [1.54, 1.807) is 6.20 Å². The molecule has 1 aliphatic rings. The summed E-state index contributed by atoms with van der Waals surface area (Å²) in [5.41, 5.74) is 1.15. The normalized spacial score (nSPS) is 17.6. The molecular weight excluding hydrogens is 250 g/mol. The van der Waals surface area contributed by atoms with Gasteiger partial charge in [-0.25, -0.2) is 4.98 Å². The summed E-state index contributed by atoms with van der Waals surface area (Å²) >= 11 is 0. The summed E-state index contributed by atoms with van der Waals surface area (Å²) in [7, 11) is 2.20. The lowest BCUT2D eigenvalue weighted by molar-refractivity contribution is 0.214. The third-order valence-electron chi connectivity index (χ3n) is 3.78. The molecule has 4 heteroatoms. The van der Waals surface area contributed by atoms with E-state index in [4.69, 9.17) is 4.74 Å². The van der Waals surface area contributed by atoms with Crippen LogP contribution in [-0.2, 0) is 6.54 Å². The van der Waals surface area contributed by atoms with Gasteiger partial charge in [0.05, 0.1) is 6.10 Å².